The molecule has 4 heteroatoms. The predicted molar refractivity (Wildman–Crippen MR) is 83.5 cm³/mol. The van der Waals surface area contributed by atoms with Gasteiger partial charge >= 0.3 is 0 Å². The number of hydrogen-bond acceptors (Lipinski definition) is 2. The lowest BCUT2D eigenvalue weighted by molar-refractivity contribution is 0.706. The number of halogens is 1. The van der Waals surface area contributed by atoms with Crippen molar-refractivity contribution >= 4 is 21.6 Å². The molecule has 1 N–H and O–H groups in total. The highest BCUT2D eigenvalue weighted by molar-refractivity contribution is 9.10. The van der Waals surface area contributed by atoms with Crippen LogP contribution in [0.1, 0.15) is 29.4 Å². The molecule has 0 aliphatic carbocycles. The first-order valence-corrected chi connectivity index (χ1v) is 7.33. The molecule has 2 rings (SSSR count). The van der Waals surface area contributed by atoms with Crippen LogP contribution in [0, 0.1) is 13.8 Å². The number of hydrogen-bond donors (Lipinski definition) is 1. The summed E-state index contributed by atoms with van der Waals surface area (Å²) in [5.74, 6) is 0. The molecule has 1 aromatic heterocycles. The van der Waals surface area contributed by atoms with Crippen LogP contribution < -0.4 is 5.32 Å². The van der Waals surface area contributed by atoms with Gasteiger partial charge < -0.3 is 5.32 Å². The van der Waals surface area contributed by atoms with Crippen LogP contribution >= 0.6 is 15.9 Å². The van der Waals surface area contributed by atoms with Gasteiger partial charge in [-0.15, -0.1) is 0 Å². The van der Waals surface area contributed by atoms with Gasteiger partial charge in [-0.05, 0) is 53.4 Å². The van der Waals surface area contributed by atoms with Crippen LogP contribution in [0.15, 0.2) is 22.7 Å². The quantitative estimate of drug-likeness (QED) is 0.923. The fraction of sp³-hybridized carbons (Fsp3) is 0.400. The van der Waals surface area contributed by atoms with Gasteiger partial charge in [-0.25, -0.2) is 0 Å². The Bertz CT molecular complexity index is 587. The SMILES string of the molecule is CCc1nn(C)c(CNc2cc(C)ccc2C)c1Br. The van der Waals surface area contributed by atoms with E-state index in [2.05, 4.69) is 65.3 Å². The number of anilines is 1. The molecule has 1 aromatic carbocycles. The van der Waals surface area contributed by atoms with Gasteiger partial charge in [0.2, 0.25) is 0 Å². The van der Waals surface area contributed by atoms with E-state index < -0.39 is 0 Å². The highest BCUT2D eigenvalue weighted by Gasteiger charge is 2.12. The van der Waals surface area contributed by atoms with Crippen molar-refractivity contribution in [3.63, 3.8) is 0 Å². The number of benzene rings is 1. The van der Waals surface area contributed by atoms with E-state index in [1.54, 1.807) is 0 Å². The molecular weight excluding hydrogens is 302 g/mol. The molecule has 0 fully saturated rings. The fourth-order valence-electron chi connectivity index (χ4n) is 2.12. The molecule has 19 heavy (non-hydrogen) atoms. The Labute approximate surface area is 123 Å². The standard InChI is InChI=1S/C15H20BrN3/c1-5-12-15(16)14(19(4)18-12)9-17-13-8-10(2)6-7-11(13)3/h6-8,17H,5,9H2,1-4H3. The number of nitrogens with one attached hydrogen (secondary N) is 1. The van der Waals surface area contributed by atoms with Crippen molar-refractivity contribution in [1.82, 2.24) is 9.78 Å². The molecule has 1 heterocycles. The van der Waals surface area contributed by atoms with E-state index in [0.717, 1.165) is 23.1 Å². The Balaban J connectivity index is 2.19. The topological polar surface area (TPSA) is 29.9 Å². The zero-order valence-electron chi connectivity index (χ0n) is 11.9. The summed E-state index contributed by atoms with van der Waals surface area (Å²) in [6.45, 7) is 7.13. The molecule has 0 saturated heterocycles. The van der Waals surface area contributed by atoms with E-state index >= 15 is 0 Å². The summed E-state index contributed by atoms with van der Waals surface area (Å²) >= 11 is 3.65. The third kappa shape index (κ3) is 3.00. The van der Waals surface area contributed by atoms with Gasteiger partial charge in [0, 0.05) is 12.7 Å². The Kier molecular flexibility index (Phi) is 4.30. The monoisotopic (exact) mass is 321 g/mol. The lowest BCUT2D eigenvalue weighted by Crippen LogP contribution is -2.07. The van der Waals surface area contributed by atoms with E-state index in [1.807, 2.05) is 11.7 Å². The molecule has 0 spiro atoms. The Morgan fingerprint density at radius 3 is 2.68 bits per heavy atom. The largest absolute Gasteiger partial charge is 0.379 e. The minimum atomic E-state index is 0.772. The molecule has 102 valence electrons. The number of aromatic nitrogens is 2. The average Bonchev–Trinajstić information content (AvgIpc) is 2.66. The van der Waals surface area contributed by atoms with Crippen LogP contribution in [0.5, 0.6) is 0 Å². The lowest BCUT2D eigenvalue weighted by Gasteiger charge is -2.11. The molecule has 2 aromatic rings. The van der Waals surface area contributed by atoms with Crippen molar-refractivity contribution in [2.75, 3.05) is 5.32 Å². The normalized spacial score (nSPS) is 10.8. The molecule has 3 nitrogen and oxygen atoms in total. The third-order valence-electron chi connectivity index (χ3n) is 3.34. The molecule has 0 radical (unpaired) electrons. The van der Waals surface area contributed by atoms with Gasteiger partial charge in [-0.2, -0.15) is 5.10 Å². The van der Waals surface area contributed by atoms with Crippen LogP contribution in [-0.2, 0) is 20.0 Å². The van der Waals surface area contributed by atoms with Crippen molar-refractivity contribution in [3.8, 4) is 0 Å². The minimum Gasteiger partial charge on any atom is -0.379 e. The Morgan fingerprint density at radius 2 is 2.05 bits per heavy atom. The van der Waals surface area contributed by atoms with Crippen molar-refractivity contribution in [3.05, 3.63) is 45.2 Å². The van der Waals surface area contributed by atoms with Crippen LogP contribution in [0.2, 0.25) is 0 Å². The van der Waals surface area contributed by atoms with Crippen LogP contribution in [0.25, 0.3) is 0 Å². The van der Waals surface area contributed by atoms with E-state index in [1.165, 1.54) is 22.5 Å². The maximum Gasteiger partial charge on any atom is 0.0767 e. The van der Waals surface area contributed by atoms with E-state index in [-0.39, 0.29) is 0 Å². The maximum atomic E-state index is 4.51. The van der Waals surface area contributed by atoms with Crippen LogP contribution in [-0.4, -0.2) is 9.78 Å². The molecule has 0 aliphatic rings. The number of aryl methyl sites for hydroxylation is 4. The van der Waals surface area contributed by atoms with Crippen molar-refractivity contribution < 1.29 is 0 Å². The first kappa shape index (κ1) is 14.1. The number of rotatable bonds is 4. The molecule has 0 saturated carbocycles. The molecule has 0 aliphatic heterocycles. The fourth-order valence-corrected chi connectivity index (χ4v) is 2.87. The second-order valence-electron chi connectivity index (χ2n) is 4.86. The highest BCUT2D eigenvalue weighted by Crippen LogP contribution is 2.23. The van der Waals surface area contributed by atoms with Gasteiger partial charge in [0.15, 0.2) is 0 Å². The maximum absolute atomic E-state index is 4.51. The van der Waals surface area contributed by atoms with Gasteiger partial charge in [0.05, 0.1) is 22.4 Å². The van der Waals surface area contributed by atoms with Crippen molar-refractivity contribution in [2.24, 2.45) is 7.05 Å². The van der Waals surface area contributed by atoms with Crippen LogP contribution in [0.3, 0.4) is 0 Å². The lowest BCUT2D eigenvalue weighted by atomic mass is 10.1. The van der Waals surface area contributed by atoms with E-state index in [9.17, 15) is 0 Å². The molecule has 0 atom stereocenters. The second kappa shape index (κ2) is 5.78. The van der Waals surface area contributed by atoms with Crippen LogP contribution in [0.4, 0.5) is 5.69 Å². The summed E-state index contributed by atoms with van der Waals surface area (Å²) in [6.07, 6.45) is 0.942. The zero-order chi connectivity index (χ0) is 14.0. The third-order valence-corrected chi connectivity index (χ3v) is 4.26. The second-order valence-corrected chi connectivity index (χ2v) is 5.65. The van der Waals surface area contributed by atoms with Gasteiger partial charge in [0.1, 0.15) is 0 Å². The Hall–Kier alpha value is -1.29. The van der Waals surface area contributed by atoms with Gasteiger partial charge in [-0.1, -0.05) is 19.1 Å². The minimum absolute atomic E-state index is 0.772. The Morgan fingerprint density at radius 1 is 1.32 bits per heavy atom. The molecular formula is C15H20BrN3. The predicted octanol–water partition coefficient (Wildman–Crippen LogP) is 3.97. The molecule has 0 amide bonds. The smallest absolute Gasteiger partial charge is 0.0767 e. The molecule has 0 unspecified atom stereocenters. The van der Waals surface area contributed by atoms with Gasteiger partial charge in [-0.3, -0.25) is 4.68 Å². The summed E-state index contributed by atoms with van der Waals surface area (Å²) in [5, 5.41) is 8.01. The van der Waals surface area contributed by atoms with E-state index in [0.29, 0.717) is 0 Å². The first-order valence-electron chi connectivity index (χ1n) is 6.54. The molecule has 0 bridgehead atoms. The van der Waals surface area contributed by atoms with E-state index in [4.69, 9.17) is 0 Å². The first-order chi connectivity index (χ1) is 9.02. The highest BCUT2D eigenvalue weighted by atomic mass is 79.9. The summed E-state index contributed by atoms with van der Waals surface area (Å²) in [4.78, 5) is 0. The van der Waals surface area contributed by atoms with Gasteiger partial charge in [0.25, 0.3) is 0 Å². The average molecular weight is 322 g/mol. The zero-order valence-corrected chi connectivity index (χ0v) is 13.5. The summed E-state index contributed by atoms with van der Waals surface area (Å²) < 4.78 is 3.07. The summed E-state index contributed by atoms with van der Waals surface area (Å²) in [6, 6.07) is 6.46. The van der Waals surface area contributed by atoms with Crippen molar-refractivity contribution in [1.29, 1.82) is 0 Å². The van der Waals surface area contributed by atoms with Crippen molar-refractivity contribution in [2.45, 2.75) is 33.7 Å². The number of nitrogens with zero attached hydrogens (tertiary/aromatic N) is 2. The summed E-state index contributed by atoms with van der Waals surface area (Å²) in [7, 11) is 1.99. The summed E-state index contributed by atoms with van der Waals surface area (Å²) in [5.41, 5.74) is 6.01.